The molecule has 7 heteroatoms. The van der Waals surface area contributed by atoms with Crippen LogP contribution in [0.1, 0.15) is 55.1 Å². The summed E-state index contributed by atoms with van der Waals surface area (Å²) in [7, 11) is 0. The summed E-state index contributed by atoms with van der Waals surface area (Å²) in [5.74, 6) is 3.30. The van der Waals surface area contributed by atoms with E-state index in [1.54, 1.807) is 45.1 Å². The third kappa shape index (κ3) is 5.42. The fourth-order valence-electron chi connectivity index (χ4n) is 3.57. The minimum Gasteiger partial charge on any atom is -0.507 e. The van der Waals surface area contributed by atoms with E-state index in [9.17, 15) is 14.7 Å². The topological polar surface area (TPSA) is 102 Å². The molecule has 3 atom stereocenters. The Morgan fingerprint density at radius 2 is 1.87 bits per heavy atom. The average molecular weight is 426 g/mol. The van der Waals surface area contributed by atoms with Gasteiger partial charge in [0.25, 0.3) is 0 Å². The first-order valence-electron chi connectivity index (χ1n) is 10.1. The van der Waals surface area contributed by atoms with Crippen molar-refractivity contribution in [3.8, 4) is 17.6 Å². The van der Waals surface area contributed by atoms with E-state index in [0.29, 0.717) is 24.0 Å². The normalized spacial score (nSPS) is 27.7. The standard InChI is InChI=1S/C24H26O7/c1-15-7-4-10-19(27)22-20(30-24(2,3)31-22)11-5-9-17-16(8-6-14-25)12-13-18(26)21(17)23(28)29-15/h4-5,9-10,12-13,15,20,22,25-26H,7,11,14H2,1-3H3/b9-5+,10-4-/t15-,20-,22?/m0/s1. The van der Waals surface area contributed by atoms with Crippen molar-refractivity contribution in [2.45, 2.75) is 57.7 Å². The van der Waals surface area contributed by atoms with Crippen LogP contribution in [-0.2, 0) is 19.0 Å². The molecule has 0 aliphatic carbocycles. The van der Waals surface area contributed by atoms with Crippen LogP contribution in [0.5, 0.6) is 5.75 Å². The van der Waals surface area contributed by atoms with Gasteiger partial charge in [-0.25, -0.2) is 4.79 Å². The van der Waals surface area contributed by atoms with Gasteiger partial charge >= 0.3 is 5.97 Å². The minimum atomic E-state index is -0.902. The summed E-state index contributed by atoms with van der Waals surface area (Å²) in [6.45, 7) is 4.85. The molecule has 2 N–H and O–H groups in total. The number of cyclic esters (lactones) is 1. The molecule has 0 saturated carbocycles. The molecule has 1 aromatic rings. The molecule has 2 aliphatic heterocycles. The fourth-order valence-corrected chi connectivity index (χ4v) is 3.57. The van der Waals surface area contributed by atoms with Crippen LogP contribution in [0, 0.1) is 11.8 Å². The van der Waals surface area contributed by atoms with E-state index in [1.165, 1.54) is 12.1 Å². The highest BCUT2D eigenvalue weighted by molar-refractivity contribution is 5.98. The molecular weight excluding hydrogens is 400 g/mol. The molecule has 0 aromatic heterocycles. The number of carbonyl (C=O) groups is 2. The van der Waals surface area contributed by atoms with Crippen molar-refractivity contribution in [1.82, 2.24) is 0 Å². The van der Waals surface area contributed by atoms with Gasteiger partial charge in [-0.05, 0) is 45.4 Å². The highest BCUT2D eigenvalue weighted by atomic mass is 16.8. The van der Waals surface area contributed by atoms with E-state index in [4.69, 9.17) is 19.3 Å². The number of phenolic OH excluding ortho intramolecular Hbond substituents is 1. The average Bonchev–Trinajstić information content (AvgIpc) is 3.01. The first kappa shape index (κ1) is 22.8. The molecule has 31 heavy (non-hydrogen) atoms. The van der Waals surface area contributed by atoms with Gasteiger partial charge in [0.15, 0.2) is 11.6 Å². The molecule has 1 saturated heterocycles. The lowest BCUT2D eigenvalue weighted by molar-refractivity contribution is -0.152. The third-order valence-electron chi connectivity index (χ3n) is 4.91. The minimum absolute atomic E-state index is 0.00887. The molecule has 1 unspecified atom stereocenters. The van der Waals surface area contributed by atoms with Crippen molar-refractivity contribution in [2.75, 3.05) is 6.61 Å². The van der Waals surface area contributed by atoms with E-state index < -0.39 is 30.1 Å². The first-order chi connectivity index (χ1) is 14.7. The summed E-state index contributed by atoms with van der Waals surface area (Å²) in [4.78, 5) is 25.5. The van der Waals surface area contributed by atoms with E-state index in [0.717, 1.165) is 0 Å². The molecule has 164 valence electrons. The second-order valence-electron chi connectivity index (χ2n) is 7.87. The van der Waals surface area contributed by atoms with E-state index in [1.807, 2.05) is 0 Å². The Morgan fingerprint density at radius 1 is 1.13 bits per heavy atom. The van der Waals surface area contributed by atoms with Gasteiger partial charge in [-0.2, -0.15) is 0 Å². The van der Waals surface area contributed by atoms with Gasteiger partial charge in [0, 0.05) is 17.5 Å². The largest absolute Gasteiger partial charge is 0.507 e. The van der Waals surface area contributed by atoms with Crippen LogP contribution in [-0.4, -0.2) is 52.7 Å². The Kier molecular flexibility index (Phi) is 6.96. The Hall–Kier alpha value is -2.92. The van der Waals surface area contributed by atoms with E-state index in [2.05, 4.69) is 11.8 Å². The highest BCUT2D eigenvalue weighted by Crippen LogP contribution is 2.32. The number of carbonyl (C=O) groups excluding carboxylic acids is 2. The summed E-state index contributed by atoms with van der Waals surface area (Å²) in [5.41, 5.74) is 0.809. The van der Waals surface area contributed by atoms with Crippen molar-refractivity contribution in [3.05, 3.63) is 47.1 Å². The summed E-state index contributed by atoms with van der Waals surface area (Å²) >= 11 is 0. The molecule has 2 aliphatic rings. The zero-order valence-electron chi connectivity index (χ0n) is 17.8. The second-order valence-corrected chi connectivity index (χ2v) is 7.87. The van der Waals surface area contributed by atoms with Crippen molar-refractivity contribution >= 4 is 17.8 Å². The maximum absolute atomic E-state index is 12.8. The van der Waals surface area contributed by atoms with Crippen LogP contribution in [0.4, 0.5) is 0 Å². The summed E-state index contributed by atoms with van der Waals surface area (Å²) < 4.78 is 17.2. The zero-order valence-corrected chi connectivity index (χ0v) is 17.8. The quantitative estimate of drug-likeness (QED) is 0.486. The number of aliphatic hydroxyl groups is 1. The van der Waals surface area contributed by atoms with Crippen LogP contribution in [0.15, 0.2) is 30.4 Å². The number of phenols is 1. The molecular formula is C24H26O7. The van der Waals surface area contributed by atoms with Crippen LogP contribution in [0.2, 0.25) is 0 Å². The maximum atomic E-state index is 12.8. The maximum Gasteiger partial charge on any atom is 0.342 e. The predicted molar refractivity (Wildman–Crippen MR) is 113 cm³/mol. The monoisotopic (exact) mass is 426 g/mol. The zero-order chi connectivity index (χ0) is 22.6. The first-order valence-corrected chi connectivity index (χ1v) is 10.1. The third-order valence-corrected chi connectivity index (χ3v) is 4.91. The number of rotatable bonds is 0. The van der Waals surface area contributed by atoms with Gasteiger partial charge < -0.3 is 24.4 Å². The lowest BCUT2D eigenvalue weighted by atomic mass is 9.98. The van der Waals surface area contributed by atoms with Crippen LogP contribution < -0.4 is 0 Å². The van der Waals surface area contributed by atoms with Crippen molar-refractivity contribution in [1.29, 1.82) is 0 Å². The summed E-state index contributed by atoms with van der Waals surface area (Å²) in [5, 5.41) is 19.4. The van der Waals surface area contributed by atoms with Crippen molar-refractivity contribution in [2.24, 2.45) is 0 Å². The molecule has 2 heterocycles. The number of fused-ring (bicyclic) bond motifs is 2. The summed E-state index contributed by atoms with van der Waals surface area (Å²) in [6.07, 6.45) is 5.29. The van der Waals surface area contributed by atoms with Crippen molar-refractivity contribution in [3.63, 3.8) is 0 Å². The lowest BCUT2D eigenvalue weighted by Gasteiger charge is -2.16. The predicted octanol–water partition coefficient (Wildman–Crippen LogP) is 2.73. The number of hydrogen-bond donors (Lipinski definition) is 2. The van der Waals surface area contributed by atoms with E-state index in [-0.39, 0.29) is 23.7 Å². The molecule has 1 aromatic carbocycles. The molecule has 7 nitrogen and oxygen atoms in total. The molecule has 3 rings (SSSR count). The molecule has 1 fully saturated rings. The van der Waals surface area contributed by atoms with Gasteiger partial charge in [0.05, 0.1) is 6.10 Å². The number of aliphatic hydroxyl groups excluding tert-OH is 1. The van der Waals surface area contributed by atoms with Gasteiger partial charge in [0.1, 0.15) is 30.1 Å². The molecule has 0 bridgehead atoms. The van der Waals surface area contributed by atoms with Gasteiger partial charge in [-0.1, -0.05) is 30.1 Å². The van der Waals surface area contributed by atoms with Crippen LogP contribution >= 0.6 is 0 Å². The number of ether oxygens (including phenoxy) is 3. The molecule has 0 amide bonds. The van der Waals surface area contributed by atoms with Crippen molar-refractivity contribution < 1.29 is 34.0 Å². The fraction of sp³-hybridized carbons (Fsp3) is 0.417. The lowest BCUT2D eigenvalue weighted by Crippen LogP contribution is -2.30. The van der Waals surface area contributed by atoms with Crippen LogP contribution in [0.25, 0.3) is 6.08 Å². The van der Waals surface area contributed by atoms with Gasteiger partial charge in [0.2, 0.25) is 0 Å². The Morgan fingerprint density at radius 3 is 2.61 bits per heavy atom. The number of benzene rings is 1. The number of hydrogen-bond acceptors (Lipinski definition) is 7. The molecule has 0 radical (unpaired) electrons. The smallest absolute Gasteiger partial charge is 0.342 e. The number of aromatic hydroxyl groups is 1. The van der Waals surface area contributed by atoms with Gasteiger partial charge in [-0.15, -0.1) is 0 Å². The summed E-state index contributed by atoms with van der Waals surface area (Å²) in [6, 6.07) is 2.93. The Balaban J connectivity index is 2.07. The van der Waals surface area contributed by atoms with E-state index >= 15 is 0 Å². The highest BCUT2D eigenvalue weighted by Gasteiger charge is 2.43. The molecule has 0 spiro atoms. The Labute approximate surface area is 181 Å². The number of esters is 1. The van der Waals surface area contributed by atoms with Gasteiger partial charge in [-0.3, -0.25) is 4.79 Å². The van der Waals surface area contributed by atoms with Crippen LogP contribution in [0.3, 0.4) is 0 Å². The SMILES string of the molecule is C[C@H]1C/C=C\C(=O)C2OC(C)(C)O[C@H]2C/C=C/c2c(C#CCO)ccc(O)c2C(=O)O1. The number of ketones is 1. The second kappa shape index (κ2) is 9.48. The Bertz CT molecular complexity index is 978.